The molecule has 0 saturated heterocycles. The molecule has 102 valence electrons. The van der Waals surface area contributed by atoms with Crippen LogP contribution in [-0.4, -0.2) is 5.91 Å². The summed E-state index contributed by atoms with van der Waals surface area (Å²) in [6, 6.07) is 14.9. The molecular formula is C16H14ClNO2. The second-order valence-corrected chi connectivity index (χ2v) is 4.60. The van der Waals surface area contributed by atoms with Crippen LogP contribution in [0.4, 0.5) is 0 Å². The number of benzene rings is 2. The van der Waals surface area contributed by atoms with Crippen LogP contribution >= 0.6 is 11.6 Å². The Morgan fingerprint density at radius 3 is 2.75 bits per heavy atom. The van der Waals surface area contributed by atoms with Gasteiger partial charge >= 0.3 is 0 Å². The molecule has 0 aliphatic rings. The first-order chi connectivity index (χ1) is 9.65. The third-order valence-electron chi connectivity index (χ3n) is 2.65. The third-order valence-corrected chi connectivity index (χ3v) is 3.02. The number of hydrogen-bond donors (Lipinski definition) is 1. The number of halogens is 1. The van der Waals surface area contributed by atoms with Crippen molar-refractivity contribution >= 4 is 23.6 Å². The number of carbonyl (C=O) groups is 1. The Morgan fingerprint density at radius 1 is 1.20 bits per heavy atom. The normalized spacial score (nSPS) is 10.7. The highest BCUT2D eigenvalue weighted by Gasteiger charge is 2.00. The maximum Gasteiger partial charge on any atom is 0.241 e. The van der Waals surface area contributed by atoms with E-state index in [2.05, 4.69) is 0 Å². The smallest absolute Gasteiger partial charge is 0.241 e. The van der Waals surface area contributed by atoms with Gasteiger partial charge in [-0.15, -0.1) is 0 Å². The molecule has 20 heavy (non-hydrogen) atoms. The van der Waals surface area contributed by atoms with Gasteiger partial charge in [-0.1, -0.05) is 41.9 Å². The van der Waals surface area contributed by atoms with E-state index in [1.165, 1.54) is 6.08 Å². The number of ether oxygens (including phenoxy) is 1. The van der Waals surface area contributed by atoms with Gasteiger partial charge in [-0.05, 0) is 29.8 Å². The molecule has 0 unspecified atom stereocenters. The van der Waals surface area contributed by atoms with Crippen LogP contribution in [0.5, 0.6) is 5.75 Å². The summed E-state index contributed by atoms with van der Waals surface area (Å²) in [7, 11) is 0. The summed E-state index contributed by atoms with van der Waals surface area (Å²) >= 11 is 6.06. The van der Waals surface area contributed by atoms with Gasteiger partial charge in [0.25, 0.3) is 0 Å². The predicted molar refractivity (Wildman–Crippen MR) is 80.5 cm³/mol. The molecule has 0 saturated carbocycles. The first-order valence-electron chi connectivity index (χ1n) is 6.09. The molecule has 4 heteroatoms. The van der Waals surface area contributed by atoms with Crippen molar-refractivity contribution < 1.29 is 9.53 Å². The largest absolute Gasteiger partial charge is 0.489 e. The lowest BCUT2D eigenvalue weighted by Crippen LogP contribution is -2.05. The minimum absolute atomic E-state index is 0.392. The lowest BCUT2D eigenvalue weighted by Gasteiger charge is -2.08. The fourth-order valence-corrected chi connectivity index (χ4v) is 1.85. The van der Waals surface area contributed by atoms with Crippen LogP contribution in [0.1, 0.15) is 11.1 Å². The fraction of sp³-hybridized carbons (Fsp3) is 0.0625. The molecule has 0 heterocycles. The Morgan fingerprint density at radius 2 is 2.00 bits per heavy atom. The molecule has 2 N–H and O–H groups in total. The Balaban J connectivity index is 2.05. The quantitative estimate of drug-likeness (QED) is 0.857. The lowest BCUT2D eigenvalue weighted by atomic mass is 10.2. The molecule has 0 aliphatic heterocycles. The Kier molecular flexibility index (Phi) is 4.80. The SMILES string of the molecule is NC(=O)C=Cc1cccc(OCc2ccccc2Cl)c1. The maximum absolute atomic E-state index is 10.7. The van der Waals surface area contributed by atoms with Crippen LogP contribution in [0.15, 0.2) is 54.6 Å². The molecule has 2 aromatic rings. The number of nitrogens with two attached hydrogens (primary N) is 1. The molecule has 2 aromatic carbocycles. The average molecular weight is 288 g/mol. The highest BCUT2D eigenvalue weighted by atomic mass is 35.5. The van der Waals surface area contributed by atoms with Crippen molar-refractivity contribution in [3.05, 3.63) is 70.8 Å². The van der Waals surface area contributed by atoms with E-state index >= 15 is 0 Å². The van der Waals surface area contributed by atoms with Gasteiger partial charge in [0.1, 0.15) is 12.4 Å². The van der Waals surface area contributed by atoms with E-state index in [4.69, 9.17) is 22.1 Å². The summed E-state index contributed by atoms with van der Waals surface area (Å²) < 4.78 is 5.69. The molecule has 0 spiro atoms. The summed E-state index contributed by atoms with van der Waals surface area (Å²) in [6.07, 6.45) is 2.96. The van der Waals surface area contributed by atoms with E-state index in [-0.39, 0.29) is 0 Å². The molecule has 0 radical (unpaired) electrons. The predicted octanol–water partition coefficient (Wildman–Crippen LogP) is 3.42. The average Bonchev–Trinajstić information content (AvgIpc) is 2.45. The monoisotopic (exact) mass is 287 g/mol. The van der Waals surface area contributed by atoms with E-state index in [9.17, 15) is 4.79 Å². The zero-order valence-corrected chi connectivity index (χ0v) is 11.5. The summed E-state index contributed by atoms with van der Waals surface area (Å²) in [5, 5.41) is 0.678. The Labute approximate surface area is 122 Å². The van der Waals surface area contributed by atoms with Gasteiger partial charge in [0.05, 0.1) is 0 Å². The van der Waals surface area contributed by atoms with Gasteiger partial charge in [-0.3, -0.25) is 4.79 Å². The molecule has 0 aromatic heterocycles. The summed E-state index contributed by atoms with van der Waals surface area (Å²) in [5.41, 5.74) is 6.83. The lowest BCUT2D eigenvalue weighted by molar-refractivity contribution is -0.113. The van der Waals surface area contributed by atoms with E-state index in [0.717, 1.165) is 11.1 Å². The first-order valence-corrected chi connectivity index (χ1v) is 6.47. The van der Waals surface area contributed by atoms with Crippen LogP contribution in [0.2, 0.25) is 5.02 Å². The minimum atomic E-state index is -0.479. The van der Waals surface area contributed by atoms with Crippen LogP contribution in [0, 0.1) is 0 Å². The number of amides is 1. The minimum Gasteiger partial charge on any atom is -0.489 e. The summed E-state index contributed by atoms with van der Waals surface area (Å²) in [6.45, 7) is 0.392. The van der Waals surface area contributed by atoms with Crippen molar-refractivity contribution in [3.63, 3.8) is 0 Å². The molecule has 0 bridgehead atoms. The van der Waals surface area contributed by atoms with Crippen molar-refractivity contribution in [1.29, 1.82) is 0 Å². The van der Waals surface area contributed by atoms with Gasteiger partial charge < -0.3 is 10.5 Å². The van der Waals surface area contributed by atoms with Crippen LogP contribution < -0.4 is 10.5 Å². The Bertz CT molecular complexity index is 638. The number of hydrogen-bond acceptors (Lipinski definition) is 2. The van der Waals surface area contributed by atoms with E-state index in [1.807, 2.05) is 48.5 Å². The molecule has 1 amide bonds. The van der Waals surface area contributed by atoms with Crippen molar-refractivity contribution in [1.82, 2.24) is 0 Å². The van der Waals surface area contributed by atoms with Gasteiger partial charge in [0.15, 0.2) is 0 Å². The maximum atomic E-state index is 10.7. The van der Waals surface area contributed by atoms with E-state index in [1.54, 1.807) is 6.08 Å². The van der Waals surface area contributed by atoms with Gasteiger partial charge in [-0.25, -0.2) is 0 Å². The van der Waals surface area contributed by atoms with Crippen molar-refractivity contribution in [2.24, 2.45) is 5.73 Å². The van der Waals surface area contributed by atoms with Crippen molar-refractivity contribution in [3.8, 4) is 5.75 Å². The molecule has 0 atom stereocenters. The van der Waals surface area contributed by atoms with Crippen molar-refractivity contribution in [2.75, 3.05) is 0 Å². The standard InChI is InChI=1S/C16H14ClNO2/c17-15-7-2-1-5-13(15)11-20-14-6-3-4-12(10-14)8-9-16(18)19/h1-10H,11H2,(H2,18,19). The zero-order chi connectivity index (χ0) is 14.4. The first kappa shape index (κ1) is 14.2. The van der Waals surface area contributed by atoms with Crippen LogP contribution in [-0.2, 0) is 11.4 Å². The van der Waals surface area contributed by atoms with Crippen LogP contribution in [0.3, 0.4) is 0 Å². The summed E-state index contributed by atoms with van der Waals surface area (Å²) in [5.74, 6) is 0.226. The topological polar surface area (TPSA) is 52.3 Å². The number of carbonyl (C=O) groups excluding carboxylic acids is 1. The van der Waals surface area contributed by atoms with Gasteiger partial charge in [0, 0.05) is 16.7 Å². The molecule has 2 rings (SSSR count). The molecule has 0 aliphatic carbocycles. The molecule has 3 nitrogen and oxygen atoms in total. The Hall–Kier alpha value is -2.26. The van der Waals surface area contributed by atoms with Gasteiger partial charge in [-0.2, -0.15) is 0 Å². The highest BCUT2D eigenvalue weighted by molar-refractivity contribution is 6.31. The number of rotatable bonds is 5. The summed E-state index contributed by atoms with van der Waals surface area (Å²) in [4.78, 5) is 10.7. The van der Waals surface area contributed by atoms with E-state index in [0.29, 0.717) is 17.4 Å². The van der Waals surface area contributed by atoms with Crippen molar-refractivity contribution in [2.45, 2.75) is 6.61 Å². The fourth-order valence-electron chi connectivity index (χ4n) is 1.66. The third kappa shape index (κ3) is 4.14. The number of primary amides is 1. The molecular weight excluding hydrogens is 274 g/mol. The second kappa shape index (κ2) is 6.78. The highest BCUT2D eigenvalue weighted by Crippen LogP contribution is 2.19. The van der Waals surface area contributed by atoms with Gasteiger partial charge in [0.2, 0.25) is 5.91 Å². The zero-order valence-electron chi connectivity index (χ0n) is 10.8. The second-order valence-electron chi connectivity index (χ2n) is 4.19. The van der Waals surface area contributed by atoms with Crippen LogP contribution in [0.25, 0.3) is 6.08 Å². The van der Waals surface area contributed by atoms with E-state index < -0.39 is 5.91 Å². The molecule has 0 fully saturated rings.